The van der Waals surface area contributed by atoms with Crippen LogP contribution in [0.1, 0.15) is 45.4 Å². The molecule has 1 N–H and O–H groups in total. The van der Waals surface area contributed by atoms with Crippen LogP contribution in [-0.4, -0.2) is 13.1 Å². The van der Waals surface area contributed by atoms with Gasteiger partial charge in [0.25, 0.3) is 0 Å². The van der Waals surface area contributed by atoms with Gasteiger partial charge in [0.2, 0.25) is 0 Å². The summed E-state index contributed by atoms with van der Waals surface area (Å²) in [6, 6.07) is 0. The summed E-state index contributed by atoms with van der Waals surface area (Å²) >= 11 is 2.31. The predicted octanol–water partition coefficient (Wildman–Crippen LogP) is 3.89. The van der Waals surface area contributed by atoms with E-state index in [2.05, 4.69) is 41.4 Å². The lowest BCUT2D eigenvalue weighted by molar-refractivity contribution is 0.588. The summed E-state index contributed by atoms with van der Waals surface area (Å²) in [4.78, 5) is 0. The molecule has 2 heteroatoms. The number of hydrogen-bond acceptors (Lipinski definition) is 1. The topological polar surface area (TPSA) is 12.0 Å². The third-order valence-corrected chi connectivity index (χ3v) is 2.55. The van der Waals surface area contributed by atoms with Crippen molar-refractivity contribution in [1.82, 2.24) is 5.32 Å². The Hall–Kier alpha value is 0.430. The minimum atomic E-state index is 1.17. The molecule has 0 fully saturated rings. The molecule has 0 spiro atoms. The van der Waals surface area contributed by atoms with E-state index < -0.39 is 0 Å². The van der Waals surface area contributed by atoms with Gasteiger partial charge in [-0.25, -0.2) is 0 Å². The second kappa shape index (κ2) is 10.5. The Balaban J connectivity index is 2.87. The van der Waals surface area contributed by atoms with E-state index in [0.29, 0.717) is 0 Å². The molecule has 0 radical (unpaired) electrons. The molecule has 78 valence electrons. The Morgan fingerprint density at radius 2 is 1.77 bits per heavy atom. The molecule has 0 unspecified atom stereocenters. The highest BCUT2D eigenvalue weighted by Gasteiger charge is 1.90. The monoisotopic (exact) mass is 295 g/mol. The van der Waals surface area contributed by atoms with E-state index >= 15 is 0 Å². The van der Waals surface area contributed by atoms with Crippen LogP contribution in [0.5, 0.6) is 0 Å². The number of allylic oxidation sites excluding steroid dienone is 1. The smallest absolute Gasteiger partial charge is 0.00488 e. The second-order valence-electron chi connectivity index (χ2n) is 3.43. The quantitative estimate of drug-likeness (QED) is 0.503. The van der Waals surface area contributed by atoms with Gasteiger partial charge in [-0.3, -0.25) is 0 Å². The Morgan fingerprint density at radius 3 is 2.31 bits per heavy atom. The Morgan fingerprint density at radius 1 is 1.15 bits per heavy atom. The van der Waals surface area contributed by atoms with Gasteiger partial charge in [-0.1, -0.05) is 26.3 Å². The zero-order valence-electron chi connectivity index (χ0n) is 8.74. The van der Waals surface area contributed by atoms with E-state index in [1.54, 1.807) is 0 Å². The lowest BCUT2D eigenvalue weighted by atomic mass is 10.2. The first-order chi connectivity index (χ1) is 6.27. The molecule has 0 amide bonds. The molecule has 0 rings (SSSR count). The lowest BCUT2D eigenvalue weighted by Crippen LogP contribution is -2.16. The first-order valence-corrected chi connectivity index (χ1v) is 6.39. The Bertz CT molecular complexity index is 123. The van der Waals surface area contributed by atoms with Crippen LogP contribution in [0.4, 0.5) is 0 Å². The van der Waals surface area contributed by atoms with Crippen LogP contribution in [0.25, 0.3) is 0 Å². The van der Waals surface area contributed by atoms with Crippen molar-refractivity contribution in [2.75, 3.05) is 13.1 Å². The summed E-state index contributed by atoms with van der Waals surface area (Å²) in [5.41, 5.74) is 0. The first kappa shape index (κ1) is 13.4. The molecule has 0 aromatic heterocycles. The summed E-state index contributed by atoms with van der Waals surface area (Å²) in [5, 5.41) is 3.46. The Labute approximate surface area is 96.5 Å². The van der Waals surface area contributed by atoms with E-state index in [1.807, 2.05) is 0 Å². The van der Waals surface area contributed by atoms with Gasteiger partial charge in [0.1, 0.15) is 0 Å². The van der Waals surface area contributed by atoms with E-state index in [0.717, 1.165) is 0 Å². The van der Waals surface area contributed by atoms with Crippen LogP contribution < -0.4 is 5.32 Å². The Kier molecular flexibility index (Phi) is 10.9. The van der Waals surface area contributed by atoms with E-state index in [1.165, 1.54) is 55.2 Å². The van der Waals surface area contributed by atoms with Gasteiger partial charge in [0, 0.05) is 0 Å². The highest BCUT2D eigenvalue weighted by atomic mass is 127. The van der Waals surface area contributed by atoms with E-state index in [9.17, 15) is 0 Å². The minimum Gasteiger partial charge on any atom is -0.317 e. The fourth-order valence-corrected chi connectivity index (χ4v) is 1.57. The van der Waals surface area contributed by atoms with Crippen molar-refractivity contribution < 1.29 is 0 Å². The molecule has 0 aliphatic heterocycles. The van der Waals surface area contributed by atoms with Crippen LogP contribution in [0.2, 0.25) is 0 Å². The molecule has 0 aliphatic carbocycles. The number of hydrogen-bond donors (Lipinski definition) is 1. The maximum atomic E-state index is 3.88. The molecule has 13 heavy (non-hydrogen) atoms. The normalized spacial score (nSPS) is 10.3. The molecule has 0 heterocycles. The van der Waals surface area contributed by atoms with Crippen molar-refractivity contribution in [3.63, 3.8) is 0 Å². The average molecular weight is 295 g/mol. The highest BCUT2D eigenvalue weighted by Crippen LogP contribution is 2.11. The van der Waals surface area contributed by atoms with Gasteiger partial charge < -0.3 is 5.32 Å². The van der Waals surface area contributed by atoms with Crippen LogP contribution >= 0.6 is 22.6 Å². The first-order valence-electron chi connectivity index (χ1n) is 5.31. The molecule has 0 aliphatic rings. The lowest BCUT2D eigenvalue weighted by Gasteiger charge is -2.03. The molecule has 0 atom stereocenters. The summed E-state index contributed by atoms with van der Waals surface area (Å²) in [7, 11) is 0. The van der Waals surface area contributed by atoms with E-state index in [-0.39, 0.29) is 0 Å². The number of rotatable bonds is 9. The van der Waals surface area contributed by atoms with Gasteiger partial charge in [0.05, 0.1) is 0 Å². The van der Waals surface area contributed by atoms with Gasteiger partial charge >= 0.3 is 0 Å². The van der Waals surface area contributed by atoms with Crippen LogP contribution in [0, 0.1) is 0 Å². The van der Waals surface area contributed by atoms with Crippen LogP contribution in [0.15, 0.2) is 10.2 Å². The minimum absolute atomic E-state index is 1.17. The third-order valence-electron chi connectivity index (χ3n) is 2.01. The zero-order valence-corrected chi connectivity index (χ0v) is 10.9. The van der Waals surface area contributed by atoms with Crippen molar-refractivity contribution >= 4 is 22.6 Å². The van der Waals surface area contributed by atoms with Crippen molar-refractivity contribution in [2.45, 2.75) is 45.4 Å². The standard InChI is InChI=1S/C11H22IN/c1-3-4-6-9-13-10-7-5-8-11(2)12/h13H,2-10H2,1H3. The van der Waals surface area contributed by atoms with Gasteiger partial charge in [-0.15, -0.1) is 0 Å². The highest BCUT2D eigenvalue weighted by molar-refractivity contribution is 14.1. The maximum Gasteiger partial charge on any atom is -0.00488 e. The third kappa shape index (κ3) is 12.4. The van der Waals surface area contributed by atoms with Gasteiger partial charge in [0.15, 0.2) is 0 Å². The van der Waals surface area contributed by atoms with Crippen LogP contribution in [0.3, 0.4) is 0 Å². The summed E-state index contributed by atoms with van der Waals surface area (Å²) in [6.07, 6.45) is 7.75. The second-order valence-corrected chi connectivity index (χ2v) is 4.96. The molecular formula is C11H22IN. The van der Waals surface area contributed by atoms with Crippen molar-refractivity contribution in [2.24, 2.45) is 0 Å². The molecule has 0 aromatic carbocycles. The van der Waals surface area contributed by atoms with Gasteiger partial charge in [-0.05, 0) is 64.9 Å². The summed E-state index contributed by atoms with van der Waals surface area (Å²) < 4.78 is 1.28. The maximum absolute atomic E-state index is 3.88. The molecule has 1 nitrogen and oxygen atoms in total. The zero-order chi connectivity index (χ0) is 9.94. The van der Waals surface area contributed by atoms with E-state index in [4.69, 9.17) is 0 Å². The molecule has 0 aromatic rings. The molecular weight excluding hydrogens is 273 g/mol. The molecule has 0 saturated heterocycles. The SMILES string of the molecule is C=C(I)CCCCNCCCCC. The van der Waals surface area contributed by atoms with Crippen molar-refractivity contribution in [3.05, 3.63) is 10.2 Å². The number of nitrogens with one attached hydrogen (secondary N) is 1. The summed E-state index contributed by atoms with van der Waals surface area (Å²) in [6.45, 7) is 8.49. The number of halogens is 1. The predicted molar refractivity (Wildman–Crippen MR) is 69.4 cm³/mol. The largest absolute Gasteiger partial charge is 0.317 e. The fraction of sp³-hybridized carbons (Fsp3) is 0.818. The van der Waals surface area contributed by atoms with Crippen molar-refractivity contribution in [1.29, 1.82) is 0 Å². The van der Waals surface area contributed by atoms with Crippen molar-refractivity contribution in [3.8, 4) is 0 Å². The fourth-order valence-electron chi connectivity index (χ4n) is 1.19. The van der Waals surface area contributed by atoms with Gasteiger partial charge in [-0.2, -0.15) is 0 Å². The summed E-state index contributed by atoms with van der Waals surface area (Å²) in [5.74, 6) is 0. The molecule has 0 saturated carbocycles. The molecule has 0 bridgehead atoms. The average Bonchev–Trinajstić information content (AvgIpc) is 2.09. The number of unbranched alkanes of at least 4 members (excludes halogenated alkanes) is 3. The van der Waals surface area contributed by atoms with Crippen LogP contribution in [-0.2, 0) is 0 Å².